The minimum absolute atomic E-state index is 0. The van der Waals surface area contributed by atoms with Gasteiger partial charge in [0.25, 0.3) is 0 Å². The van der Waals surface area contributed by atoms with Crippen LogP contribution in [0.15, 0.2) is 0 Å². The zero-order chi connectivity index (χ0) is 14.2. The average molecular weight is 306 g/mol. The van der Waals surface area contributed by atoms with Crippen LogP contribution in [0.2, 0.25) is 0 Å². The molecule has 0 saturated carbocycles. The van der Waals surface area contributed by atoms with Gasteiger partial charge in [0.15, 0.2) is 0 Å². The molecule has 0 rings (SSSR count). The van der Waals surface area contributed by atoms with Crippen LogP contribution >= 0.6 is 0 Å². The molecule has 0 aromatic rings. The van der Waals surface area contributed by atoms with Crippen molar-refractivity contribution in [1.82, 2.24) is 0 Å². The van der Waals surface area contributed by atoms with E-state index in [-0.39, 0.29) is 12.4 Å². The molecule has 2 heteroatoms. The molecule has 1 N–H and O–H groups in total. The monoisotopic (exact) mass is 305 g/mol. The SMILES string of the molecule is CCCCCCCCCCCCCCCC[NH+](C)C.[Cl-]. The topological polar surface area (TPSA) is 4.44 Å². The Morgan fingerprint density at radius 3 is 1.10 bits per heavy atom. The first kappa shape index (κ1) is 22.5. The maximum absolute atomic E-state index is 2.29. The lowest BCUT2D eigenvalue weighted by Crippen LogP contribution is -3.05. The molecule has 1 nitrogen and oxygen atoms in total. The van der Waals surface area contributed by atoms with Gasteiger partial charge in [0, 0.05) is 0 Å². The van der Waals surface area contributed by atoms with Crippen molar-refractivity contribution in [3.63, 3.8) is 0 Å². The molecule has 0 saturated heterocycles. The largest absolute Gasteiger partial charge is 1.00 e. The van der Waals surface area contributed by atoms with Crippen molar-refractivity contribution in [2.24, 2.45) is 0 Å². The standard InChI is InChI=1S/C18H39N.ClH/c1-4-5-6-7-8-9-10-11-12-13-14-15-16-17-18-19(2)3;/h4-18H2,1-3H3;1H. The van der Waals surface area contributed by atoms with Gasteiger partial charge in [-0.3, -0.25) is 0 Å². The summed E-state index contributed by atoms with van der Waals surface area (Å²) in [6, 6.07) is 0. The normalized spacial score (nSPS) is 10.8. The van der Waals surface area contributed by atoms with Crippen molar-refractivity contribution >= 4 is 0 Å². The number of halogens is 1. The summed E-state index contributed by atoms with van der Waals surface area (Å²) in [5.74, 6) is 0. The Labute approximate surface area is 135 Å². The van der Waals surface area contributed by atoms with Gasteiger partial charge in [-0.1, -0.05) is 84.0 Å². The average Bonchev–Trinajstić information content (AvgIpc) is 2.39. The zero-order valence-corrected chi connectivity index (χ0v) is 15.2. The maximum Gasteiger partial charge on any atom is 0.0766 e. The molecular formula is C18H40ClN. The van der Waals surface area contributed by atoms with E-state index in [0.717, 1.165) is 0 Å². The van der Waals surface area contributed by atoms with Gasteiger partial charge in [-0.25, -0.2) is 0 Å². The molecule has 0 unspecified atom stereocenters. The second kappa shape index (κ2) is 19.2. The molecule has 0 bridgehead atoms. The van der Waals surface area contributed by atoms with Crippen LogP contribution in [0, 0.1) is 0 Å². The number of unbranched alkanes of at least 4 members (excludes halogenated alkanes) is 13. The third-order valence-corrected chi connectivity index (χ3v) is 4.03. The van der Waals surface area contributed by atoms with E-state index in [2.05, 4.69) is 21.0 Å². The smallest absolute Gasteiger partial charge is 0.0766 e. The molecule has 0 aliphatic rings. The van der Waals surface area contributed by atoms with Crippen LogP contribution < -0.4 is 17.3 Å². The van der Waals surface area contributed by atoms with Crippen molar-refractivity contribution < 1.29 is 17.3 Å². The van der Waals surface area contributed by atoms with E-state index >= 15 is 0 Å². The number of hydrogen-bond donors (Lipinski definition) is 1. The number of nitrogens with one attached hydrogen (secondary N) is 1. The molecule has 0 aliphatic heterocycles. The van der Waals surface area contributed by atoms with Crippen LogP contribution in [0.4, 0.5) is 0 Å². The fourth-order valence-corrected chi connectivity index (χ4v) is 2.67. The molecule has 0 heterocycles. The Morgan fingerprint density at radius 2 is 0.800 bits per heavy atom. The second-order valence-corrected chi connectivity index (χ2v) is 6.55. The first-order valence-corrected chi connectivity index (χ1v) is 9.06. The van der Waals surface area contributed by atoms with E-state index in [1.54, 1.807) is 4.90 Å². The van der Waals surface area contributed by atoms with Gasteiger partial charge in [0.2, 0.25) is 0 Å². The maximum atomic E-state index is 2.29. The van der Waals surface area contributed by atoms with Gasteiger partial charge in [-0.2, -0.15) is 0 Å². The molecular weight excluding hydrogens is 266 g/mol. The molecule has 20 heavy (non-hydrogen) atoms. The minimum atomic E-state index is 0. The molecule has 0 atom stereocenters. The van der Waals surface area contributed by atoms with Gasteiger partial charge in [-0.15, -0.1) is 0 Å². The summed E-state index contributed by atoms with van der Waals surface area (Å²) in [5, 5.41) is 0. The highest BCUT2D eigenvalue weighted by molar-refractivity contribution is 4.49. The summed E-state index contributed by atoms with van der Waals surface area (Å²) in [7, 11) is 4.50. The molecule has 0 aromatic heterocycles. The highest BCUT2D eigenvalue weighted by Gasteiger charge is 1.95. The van der Waals surface area contributed by atoms with Crippen LogP contribution in [0.5, 0.6) is 0 Å². The number of rotatable bonds is 15. The fourth-order valence-electron chi connectivity index (χ4n) is 2.67. The van der Waals surface area contributed by atoms with Crippen molar-refractivity contribution in [2.45, 2.75) is 96.8 Å². The van der Waals surface area contributed by atoms with Crippen LogP contribution in [0.1, 0.15) is 96.8 Å². The van der Waals surface area contributed by atoms with E-state index in [9.17, 15) is 0 Å². The quantitative estimate of drug-likeness (QED) is 0.439. The number of hydrogen-bond acceptors (Lipinski definition) is 0. The van der Waals surface area contributed by atoms with Gasteiger partial charge in [0.05, 0.1) is 20.6 Å². The molecule has 0 fully saturated rings. The predicted molar refractivity (Wildman–Crippen MR) is 88.0 cm³/mol. The Balaban J connectivity index is 0. The predicted octanol–water partition coefficient (Wildman–Crippen LogP) is 1.62. The zero-order valence-electron chi connectivity index (χ0n) is 14.5. The molecule has 0 radical (unpaired) electrons. The van der Waals surface area contributed by atoms with E-state index < -0.39 is 0 Å². The molecule has 0 aromatic carbocycles. The lowest BCUT2D eigenvalue weighted by Gasteiger charge is -2.06. The Bertz CT molecular complexity index is 159. The van der Waals surface area contributed by atoms with E-state index in [4.69, 9.17) is 0 Å². The van der Waals surface area contributed by atoms with Gasteiger partial charge >= 0.3 is 0 Å². The Morgan fingerprint density at radius 1 is 0.500 bits per heavy atom. The Hall–Kier alpha value is 0.250. The lowest BCUT2D eigenvalue weighted by molar-refractivity contribution is -0.858. The summed E-state index contributed by atoms with van der Waals surface area (Å²) in [5.41, 5.74) is 0. The second-order valence-electron chi connectivity index (χ2n) is 6.55. The first-order chi connectivity index (χ1) is 9.27. The van der Waals surface area contributed by atoms with Crippen molar-refractivity contribution in [3.05, 3.63) is 0 Å². The highest BCUT2D eigenvalue weighted by atomic mass is 35.5. The van der Waals surface area contributed by atoms with E-state index in [0.29, 0.717) is 0 Å². The summed E-state index contributed by atoms with van der Waals surface area (Å²) >= 11 is 0. The molecule has 0 aliphatic carbocycles. The Kier molecular flexibility index (Phi) is 21.7. The van der Waals surface area contributed by atoms with Gasteiger partial charge < -0.3 is 17.3 Å². The summed E-state index contributed by atoms with van der Waals surface area (Å²) in [6.45, 7) is 3.64. The minimum Gasteiger partial charge on any atom is -1.00 e. The van der Waals surface area contributed by atoms with E-state index in [1.807, 2.05) is 0 Å². The van der Waals surface area contributed by atoms with Crippen LogP contribution in [-0.2, 0) is 0 Å². The van der Waals surface area contributed by atoms with Gasteiger partial charge in [0.1, 0.15) is 0 Å². The third-order valence-electron chi connectivity index (χ3n) is 4.03. The van der Waals surface area contributed by atoms with Crippen LogP contribution in [0.3, 0.4) is 0 Å². The molecule has 0 spiro atoms. The van der Waals surface area contributed by atoms with Crippen molar-refractivity contribution in [2.75, 3.05) is 20.6 Å². The summed E-state index contributed by atoms with van der Waals surface area (Å²) in [4.78, 5) is 1.60. The lowest BCUT2D eigenvalue weighted by atomic mass is 10.0. The highest BCUT2D eigenvalue weighted by Crippen LogP contribution is 2.12. The summed E-state index contributed by atoms with van der Waals surface area (Å²) in [6.07, 6.45) is 20.4. The van der Waals surface area contributed by atoms with Crippen LogP contribution in [-0.4, -0.2) is 20.6 Å². The van der Waals surface area contributed by atoms with Crippen LogP contribution in [0.25, 0.3) is 0 Å². The summed E-state index contributed by atoms with van der Waals surface area (Å²) < 4.78 is 0. The van der Waals surface area contributed by atoms with E-state index in [1.165, 1.54) is 96.4 Å². The molecule has 124 valence electrons. The third kappa shape index (κ3) is 20.6. The van der Waals surface area contributed by atoms with Crippen molar-refractivity contribution in [1.29, 1.82) is 0 Å². The number of quaternary nitrogens is 1. The van der Waals surface area contributed by atoms with Gasteiger partial charge in [-0.05, 0) is 12.8 Å². The fraction of sp³-hybridized carbons (Fsp3) is 1.00. The molecule has 0 amide bonds. The first-order valence-electron chi connectivity index (χ1n) is 9.06. The van der Waals surface area contributed by atoms with Crippen molar-refractivity contribution in [3.8, 4) is 0 Å².